The van der Waals surface area contributed by atoms with Crippen LogP contribution in [0.15, 0.2) is 24.3 Å². The SMILES string of the molecule is O=C(Cc1ccc(O)cc1)N1CC(N2CCNCC2)C1. The molecule has 1 aromatic rings. The number of phenols is 1. The first kappa shape index (κ1) is 13.4. The monoisotopic (exact) mass is 275 g/mol. The van der Waals surface area contributed by atoms with Crippen molar-refractivity contribution in [3.8, 4) is 5.75 Å². The van der Waals surface area contributed by atoms with E-state index in [0.717, 1.165) is 44.8 Å². The lowest BCUT2D eigenvalue weighted by Gasteiger charge is -2.46. The predicted octanol–water partition coefficient (Wildman–Crippen LogP) is 0.0507. The molecule has 1 aromatic carbocycles. The van der Waals surface area contributed by atoms with Crippen LogP contribution in [0.25, 0.3) is 0 Å². The summed E-state index contributed by atoms with van der Waals surface area (Å²) < 4.78 is 0. The molecule has 0 spiro atoms. The number of rotatable bonds is 3. The molecule has 20 heavy (non-hydrogen) atoms. The Morgan fingerprint density at radius 1 is 1.20 bits per heavy atom. The highest BCUT2D eigenvalue weighted by atomic mass is 16.3. The molecule has 1 amide bonds. The Hall–Kier alpha value is -1.59. The number of carbonyl (C=O) groups excluding carboxylic acids is 1. The summed E-state index contributed by atoms with van der Waals surface area (Å²) in [5, 5.41) is 12.6. The standard InChI is InChI=1S/C15H21N3O2/c19-14-3-1-12(2-4-14)9-15(20)18-10-13(11-18)17-7-5-16-6-8-17/h1-4,13,16,19H,5-11H2. The van der Waals surface area contributed by atoms with Crippen LogP contribution in [0.4, 0.5) is 0 Å². The second-order valence-corrected chi connectivity index (χ2v) is 5.58. The highest BCUT2D eigenvalue weighted by Gasteiger charge is 2.34. The average Bonchev–Trinajstić information content (AvgIpc) is 2.41. The van der Waals surface area contributed by atoms with Crippen molar-refractivity contribution in [2.24, 2.45) is 0 Å². The molecule has 5 nitrogen and oxygen atoms in total. The number of hydrogen-bond acceptors (Lipinski definition) is 4. The van der Waals surface area contributed by atoms with Crippen LogP contribution in [0.1, 0.15) is 5.56 Å². The molecular weight excluding hydrogens is 254 g/mol. The van der Waals surface area contributed by atoms with Gasteiger partial charge < -0.3 is 15.3 Å². The lowest BCUT2D eigenvalue weighted by atomic mass is 10.0. The van der Waals surface area contributed by atoms with Gasteiger partial charge in [-0.25, -0.2) is 0 Å². The molecule has 2 N–H and O–H groups in total. The maximum absolute atomic E-state index is 12.1. The zero-order valence-corrected chi connectivity index (χ0v) is 11.6. The molecule has 0 aliphatic carbocycles. The molecule has 2 aliphatic rings. The van der Waals surface area contributed by atoms with Gasteiger partial charge in [0.15, 0.2) is 0 Å². The molecule has 0 atom stereocenters. The van der Waals surface area contributed by atoms with Crippen molar-refractivity contribution >= 4 is 5.91 Å². The topological polar surface area (TPSA) is 55.8 Å². The van der Waals surface area contributed by atoms with Crippen LogP contribution in [0.2, 0.25) is 0 Å². The minimum Gasteiger partial charge on any atom is -0.508 e. The van der Waals surface area contributed by atoms with Crippen molar-refractivity contribution in [3.63, 3.8) is 0 Å². The van der Waals surface area contributed by atoms with Crippen LogP contribution < -0.4 is 5.32 Å². The third kappa shape index (κ3) is 2.94. The lowest BCUT2D eigenvalue weighted by molar-refractivity contribution is -0.138. The summed E-state index contributed by atoms with van der Waals surface area (Å²) in [6.45, 7) is 6.00. The molecular formula is C15H21N3O2. The molecule has 5 heteroatoms. The van der Waals surface area contributed by atoms with E-state index in [1.807, 2.05) is 4.90 Å². The summed E-state index contributed by atoms with van der Waals surface area (Å²) >= 11 is 0. The van der Waals surface area contributed by atoms with Gasteiger partial charge in [0.2, 0.25) is 5.91 Å². The molecule has 0 saturated carbocycles. The quantitative estimate of drug-likeness (QED) is 0.818. The summed E-state index contributed by atoms with van der Waals surface area (Å²) in [6.07, 6.45) is 0.425. The van der Waals surface area contributed by atoms with Crippen molar-refractivity contribution in [2.75, 3.05) is 39.3 Å². The second kappa shape index (κ2) is 5.81. The smallest absolute Gasteiger partial charge is 0.227 e. The Kier molecular flexibility index (Phi) is 3.89. The van der Waals surface area contributed by atoms with Gasteiger partial charge in [-0.3, -0.25) is 9.69 Å². The fourth-order valence-electron chi connectivity index (χ4n) is 2.84. The fourth-order valence-corrected chi connectivity index (χ4v) is 2.84. The zero-order valence-electron chi connectivity index (χ0n) is 11.6. The van der Waals surface area contributed by atoms with Gasteiger partial charge in [-0.15, -0.1) is 0 Å². The summed E-state index contributed by atoms with van der Waals surface area (Å²) in [7, 11) is 0. The highest BCUT2D eigenvalue weighted by Crippen LogP contribution is 2.18. The van der Waals surface area contributed by atoms with Gasteiger partial charge in [0, 0.05) is 45.3 Å². The summed E-state index contributed by atoms with van der Waals surface area (Å²) in [5.41, 5.74) is 0.957. The number of nitrogens with one attached hydrogen (secondary N) is 1. The molecule has 0 aromatic heterocycles. The maximum Gasteiger partial charge on any atom is 0.227 e. The molecule has 2 saturated heterocycles. The van der Waals surface area contributed by atoms with E-state index < -0.39 is 0 Å². The number of benzene rings is 1. The van der Waals surface area contributed by atoms with Gasteiger partial charge in [0.1, 0.15) is 5.75 Å². The van der Waals surface area contributed by atoms with Gasteiger partial charge in [-0.05, 0) is 17.7 Å². The van der Waals surface area contributed by atoms with Gasteiger partial charge in [0.05, 0.1) is 6.42 Å². The Morgan fingerprint density at radius 3 is 2.50 bits per heavy atom. The Balaban J connectivity index is 1.47. The van der Waals surface area contributed by atoms with Crippen molar-refractivity contribution in [1.82, 2.24) is 15.1 Å². The highest BCUT2D eigenvalue weighted by molar-refractivity contribution is 5.79. The third-order valence-corrected chi connectivity index (χ3v) is 4.17. The van der Waals surface area contributed by atoms with E-state index in [1.165, 1.54) is 0 Å². The van der Waals surface area contributed by atoms with E-state index in [2.05, 4.69) is 10.2 Å². The van der Waals surface area contributed by atoms with Crippen LogP contribution in [-0.2, 0) is 11.2 Å². The van der Waals surface area contributed by atoms with Gasteiger partial charge in [-0.1, -0.05) is 12.1 Å². The average molecular weight is 275 g/mol. The van der Waals surface area contributed by atoms with Gasteiger partial charge >= 0.3 is 0 Å². The van der Waals surface area contributed by atoms with Crippen LogP contribution >= 0.6 is 0 Å². The molecule has 2 fully saturated rings. The van der Waals surface area contributed by atoms with Crippen LogP contribution in [0.5, 0.6) is 5.75 Å². The minimum absolute atomic E-state index is 0.182. The van der Waals surface area contributed by atoms with E-state index in [-0.39, 0.29) is 11.7 Å². The van der Waals surface area contributed by atoms with Crippen molar-refractivity contribution < 1.29 is 9.90 Å². The molecule has 3 rings (SSSR count). The number of hydrogen-bond donors (Lipinski definition) is 2. The minimum atomic E-state index is 0.182. The summed E-state index contributed by atoms with van der Waals surface area (Å²) in [4.78, 5) is 16.5. The predicted molar refractivity (Wildman–Crippen MR) is 76.6 cm³/mol. The number of phenolic OH excluding ortho intramolecular Hbond substituents is 1. The molecule has 0 unspecified atom stereocenters. The number of likely N-dealkylation sites (tertiary alicyclic amines) is 1. The molecule has 0 bridgehead atoms. The molecule has 2 heterocycles. The Labute approximate surface area is 119 Å². The van der Waals surface area contributed by atoms with Crippen LogP contribution in [0, 0.1) is 0 Å². The fraction of sp³-hybridized carbons (Fsp3) is 0.533. The number of amides is 1. The molecule has 108 valence electrons. The first-order valence-electron chi connectivity index (χ1n) is 7.23. The molecule has 0 radical (unpaired) electrons. The maximum atomic E-state index is 12.1. The van der Waals surface area contributed by atoms with E-state index in [1.54, 1.807) is 24.3 Å². The van der Waals surface area contributed by atoms with Gasteiger partial charge in [0.25, 0.3) is 0 Å². The van der Waals surface area contributed by atoms with Crippen LogP contribution in [0.3, 0.4) is 0 Å². The van der Waals surface area contributed by atoms with Crippen molar-refractivity contribution in [1.29, 1.82) is 0 Å². The van der Waals surface area contributed by atoms with Crippen molar-refractivity contribution in [3.05, 3.63) is 29.8 Å². The van der Waals surface area contributed by atoms with E-state index in [9.17, 15) is 9.90 Å². The molecule has 2 aliphatic heterocycles. The number of carbonyl (C=O) groups is 1. The zero-order chi connectivity index (χ0) is 13.9. The summed E-state index contributed by atoms with van der Waals surface area (Å²) in [5.74, 6) is 0.422. The number of aromatic hydroxyl groups is 1. The van der Waals surface area contributed by atoms with E-state index >= 15 is 0 Å². The van der Waals surface area contributed by atoms with Crippen molar-refractivity contribution in [2.45, 2.75) is 12.5 Å². The summed E-state index contributed by atoms with van der Waals surface area (Å²) in [6, 6.07) is 7.41. The first-order valence-corrected chi connectivity index (χ1v) is 7.23. The number of piperazine rings is 1. The van der Waals surface area contributed by atoms with Gasteiger partial charge in [-0.2, -0.15) is 0 Å². The Morgan fingerprint density at radius 2 is 1.85 bits per heavy atom. The Bertz CT molecular complexity index is 463. The van der Waals surface area contributed by atoms with E-state index in [4.69, 9.17) is 0 Å². The van der Waals surface area contributed by atoms with E-state index in [0.29, 0.717) is 12.5 Å². The normalized spacial score (nSPS) is 20.7. The second-order valence-electron chi connectivity index (χ2n) is 5.58. The first-order chi connectivity index (χ1) is 9.72. The largest absolute Gasteiger partial charge is 0.508 e. The third-order valence-electron chi connectivity index (χ3n) is 4.17. The number of nitrogens with zero attached hydrogens (tertiary/aromatic N) is 2. The lowest BCUT2D eigenvalue weighted by Crippen LogP contribution is -2.64. The van der Waals surface area contributed by atoms with Crippen LogP contribution in [-0.4, -0.2) is 66.1 Å².